The van der Waals surface area contributed by atoms with Crippen LogP contribution in [0.4, 0.5) is 0 Å². The number of carboxylic acids is 1. The average molecular weight is 572 g/mol. The molecule has 1 unspecified atom stereocenters. The maximum absolute atomic E-state index is 13.0. The van der Waals surface area contributed by atoms with Crippen LogP contribution in [0.3, 0.4) is 0 Å². The molecule has 3 fully saturated rings. The number of fused-ring (bicyclic) bond motifs is 8. The molecule has 1 heterocycles. The molecule has 0 aromatic carbocycles. The molecule has 1 aromatic rings. The van der Waals surface area contributed by atoms with E-state index >= 15 is 0 Å². The number of aromatic amines is 1. The van der Waals surface area contributed by atoms with E-state index in [4.69, 9.17) is 5.10 Å². The number of nitrogens with zero attached hydrogens (tertiary/aromatic N) is 1. The van der Waals surface area contributed by atoms with Crippen LogP contribution in [-0.2, 0) is 16.6 Å². The SMILES string of the molecule is Cc1[nH]nc2c1C[C@]1(C)C3CC(Br)=C4[C@@H]5CC(C)(C)CC[C@]5(C(=O)O)CC[C@@]4(C)[C@]3(C)CC[C@H]1C2(C)C. The predicted octanol–water partition coefficient (Wildman–Crippen LogP) is 8.34. The zero-order chi connectivity index (χ0) is 27.0. The second-order valence-corrected chi connectivity index (χ2v) is 16.8. The van der Waals surface area contributed by atoms with Crippen LogP contribution in [0.2, 0.25) is 0 Å². The third-order valence-electron chi connectivity index (χ3n) is 13.5. The smallest absolute Gasteiger partial charge is 0.310 e. The Labute approximate surface area is 232 Å². The molecule has 0 spiro atoms. The van der Waals surface area contributed by atoms with Gasteiger partial charge in [0.05, 0.1) is 11.1 Å². The molecule has 204 valence electrons. The van der Waals surface area contributed by atoms with Gasteiger partial charge in [-0.15, -0.1) is 0 Å². The van der Waals surface area contributed by atoms with E-state index in [2.05, 4.69) is 76.4 Å². The first-order valence-electron chi connectivity index (χ1n) is 14.7. The van der Waals surface area contributed by atoms with Gasteiger partial charge in [0, 0.05) is 11.1 Å². The molecule has 5 heteroatoms. The van der Waals surface area contributed by atoms with Crippen molar-refractivity contribution in [3.8, 4) is 0 Å². The summed E-state index contributed by atoms with van der Waals surface area (Å²) in [6, 6.07) is 0. The first kappa shape index (κ1) is 26.1. The molecule has 0 bridgehead atoms. The highest BCUT2D eigenvalue weighted by Crippen LogP contribution is 2.76. The second kappa shape index (κ2) is 7.55. The Hall–Kier alpha value is -1.10. The summed E-state index contributed by atoms with van der Waals surface area (Å²) in [6.07, 6.45) is 9.22. The fraction of sp³-hybridized carbons (Fsp3) is 0.812. The summed E-state index contributed by atoms with van der Waals surface area (Å²) in [4.78, 5) is 13.0. The molecule has 2 N–H and O–H groups in total. The zero-order valence-corrected chi connectivity index (χ0v) is 25.9. The van der Waals surface area contributed by atoms with Crippen LogP contribution < -0.4 is 0 Å². The summed E-state index contributed by atoms with van der Waals surface area (Å²) >= 11 is 4.20. The van der Waals surface area contributed by atoms with Gasteiger partial charge in [0.25, 0.3) is 0 Å². The van der Waals surface area contributed by atoms with Crippen molar-refractivity contribution < 1.29 is 9.90 Å². The molecule has 0 saturated heterocycles. The van der Waals surface area contributed by atoms with Gasteiger partial charge in [0.2, 0.25) is 0 Å². The fourth-order valence-corrected chi connectivity index (χ4v) is 12.2. The number of aliphatic carboxylic acids is 1. The Bertz CT molecular complexity index is 1210. The Morgan fingerprint density at radius 1 is 1.00 bits per heavy atom. The molecular formula is C32H47BrN2O2. The van der Waals surface area contributed by atoms with Crippen molar-refractivity contribution in [2.75, 3.05) is 0 Å². The number of H-pyrrole nitrogens is 1. The lowest BCUT2D eigenvalue weighted by atomic mass is 9.33. The number of aryl methyl sites for hydroxylation is 1. The van der Waals surface area contributed by atoms with Crippen LogP contribution in [-0.4, -0.2) is 21.3 Å². The van der Waals surface area contributed by atoms with Gasteiger partial charge < -0.3 is 5.11 Å². The molecular weight excluding hydrogens is 524 g/mol. The van der Waals surface area contributed by atoms with Crippen molar-refractivity contribution in [1.29, 1.82) is 0 Å². The molecule has 1 aromatic heterocycles. The fourth-order valence-electron chi connectivity index (χ4n) is 11.2. The van der Waals surface area contributed by atoms with Gasteiger partial charge >= 0.3 is 5.97 Å². The Balaban J connectivity index is 1.51. The maximum Gasteiger partial charge on any atom is 0.310 e. The van der Waals surface area contributed by atoms with Crippen LogP contribution >= 0.6 is 15.9 Å². The van der Waals surface area contributed by atoms with Crippen molar-refractivity contribution in [3.05, 3.63) is 27.0 Å². The van der Waals surface area contributed by atoms with E-state index in [0.717, 1.165) is 44.9 Å². The van der Waals surface area contributed by atoms with E-state index < -0.39 is 11.4 Å². The zero-order valence-electron chi connectivity index (χ0n) is 24.3. The Kier molecular flexibility index (Phi) is 5.33. The number of rotatable bonds is 1. The average Bonchev–Trinajstić information content (AvgIpc) is 3.15. The van der Waals surface area contributed by atoms with Crippen LogP contribution in [0.25, 0.3) is 0 Å². The van der Waals surface area contributed by atoms with Crippen LogP contribution in [0.15, 0.2) is 10.1 Å². The molecule has 0 amide bonds. The highest BCUT2D eigenvalue weighted by atomic mass is 79.9. The number of carboxylic acid groups (broad SMARTS) is 1. The number of nitrogens with one attached hydrogen (secondary N) is 1. The number of carbonyl (C=O) groups is 1. The minimum Gasteiger partial charge on any atom is -0.481 e. The van der Waals surface area contributed by atoms with Crippen molar-refractivity contribution >= 4 is 21.9 Å². The van der Waals surface area contributed by atoms with E-state index in [1.807, 2.05) is 0 Å². The molecule has 3 saturated carbocycles. The van der Waals surface area contributed by atoms with E-state index in [9.17, 15) is 9.90 Å². The number of halogens is 1. The standard InChI is InChI=1S/C32H47BrN2O2/c1-18-19-16-29(6)22(28(4,5)25(19)35-34-18)9-10-30(7)23(29)15-21(33)24-20-17-27(2,3)11-13-32(20,26(36)37)14-12-31(24,30)8/h20,22-23H,9-17H2,1-8H3,(H,34,35)(H,36,37)/t20-,22-,23?,29-,30+,31+,32-/m0/s1. The third-order valence-corrected chi connectivity index (χ3v) is 14.2. The summed E-state index contributed by atoms with van der Waals surface area (Å²) in [6.45, 7) is 19.5. The van der Waals surface area contributed by atoms with Gasteiger partial charge in [0.1, 0.15) is 0 Å². The van der Waals surface area contributed by atoms with Gasteiger partial charge in [-0.1, -0.05) is 64.4 Å². The summed E-state index contributed by atoms with van der Waals surface area (Å²) < 4.78 is 1.35. The van der Waals surface area contributed by atoms with Gasteiger partial charge in [-0.3, -0.25) is 9.89 Å². The molecule has 0 aliphatic heterocycles. The van der Waals surface area contributed by atoms with Gasteiger partial charge in [-0.25, -0.2) is 0 Å². The molecule has 0 radical (unpaired) electrons. The predicted molar refractivity (Wildman–Crippen MR) is 152 cm³/mol. The molecule has 5 aliphatic carbocycles. The van der Waals surface area contributed by atoms with E-state index in [1.54, 1.807) is 0 Å². The largest absolute Gasteiger partial charge is 0.481 e. The van der Waals surface area contributed by atoms with Crippen molar-refractivity contribution in [3.63, 3.8) is 0 Å². The van der Waals surface area contributed by atoms with E-state index in [0.29, 0.717) is 11.8 Å². The molecule has 4 nitrogen and oxygen atoms in total. The number of aromatic nitrogens is 2. The normalized spacial score (nSPS) is 45.7. The summed E-state index contributed by atoms with van der Waals surface area (Å²) in [5.41, 5.74) is 5.47. The van der Waals surface area contributed by atoms with E-state index in [-0.39, 0.29) is 33.0 Å². The molecule has 37 heavy (non-hydrogen) atoms. The summed E-state index contributed by atoms with van der Waals surface area (Å²) in [7, 11) is 0. The second-order valence-electron chi connectivity index (χ2n) is 15.9. The third kappa shape index (κ3) is 3.07. The highest BCUT2D eigenvalue weighted by Gasteiger charge is 2.70. The van der Waals surface area contributed by atoms with Gasteiger partial charge in [-0.05, 0) is 120 Å². The topological polar surface area (TPSA) is 66.0 Å². The molecule has 7 atom stereocenters. The first-order valence-corrected chi connectivity index (χ1v) is 15.5. The van der Waals surface area contributed by atoms with Crippen molar-refractivity contribution in [1.82, 2.24) is 10.2 Å². The maximum atomic E-state index is 13.0. The summed E-state index contributed by atoms with van der Waals surface area (Å²) in [5, 5.41) is 18.8. The quantitative estimate of drug-likeness (QED) is 0.356. The lowest BCUT2D eigenvalue weighted by Crippen LogP contribution is -2.65. The lowest BCUT2D eigenvalue weighted by molar-refractivity contribution is -0.177. The minimum atomic E-state index is -0.594. The van der Waals surface area contributed by atoms with Crippen LogP contribution in [0.1, 0.15) is 117 Å². The van der Waals surface area contributed by atoms with Gasteiger partial charge in [-0.2, -0.15) is 5.10 Å². The van der Waals surface area contributed by atoms with Gasteiger partial charge in [0.15, 0.2) is 0 Å². The monoisotopic (exact) mass is 570 g/mol. The number of allylic oxidation sites excluding steroid dienone is 2. The lowest BCUT2D eigenvalue weighted by Gasteiger charge is -2.71. The molecule has 6 rings (SSSR count). The Morgan fingerprint density at radius 3 is 2.35 bits per heavy atom. The number of hydrogen-bond acceptors (Lipinski definition) is 2. The van der Waals surface area contributed by atoms with Crippen LogP contribution in [0.5, 0.6) is 0 Å². The van der Waals surface area contributed by atoms with Crippen molar-refractivity contribution in [2.45, 2.75) is 119 Å². The number of hydrogen-bond donors (Lipinski definition) is 2. The minimum absolute atomic E-state index is 0.0234. The van der Waals surface area contributed by atoms with Crippen molar-refractivity contribution in [2.24, 2.45) is 44.8 Å². The Morgan fingerprint density at radius 2 is 1.68 bits per heavy atom. The first-order chi connectivity index (χ1) is 17.0. The highest BCUT2D eigenvalue weighted by molar-refractivity contribution is 9.11. The van der Waals surface area contributed by atoms with Crippen LogP contribution in [0, 0.1) is 51.8 Å². The molecule has 5 aliphatic rings. The summed E-state index contributed by atoms with van der Waals surface area (Å²) in [5.74, 6) is 0.727. The van der Waals surface area contributed by atoms with E-state index in [1.165, 1.54) is 39.8 Å².